The summed E-state index contributed by atoms with van der Waals surface area (Å²) in [6, 6.07) is 8.44. The normalized spacial score (nSPS) is 12.1. The van der Waals surface area contributed by atoms with Crippen LogP contribution in [0.5, 0.6) is 0 Å². The van der Waals surface area contributed by atoms with Gasteiger partial charge >= 0.3 is 0 Å². The molecule has 13 heavy (non-hydrogen) atoms. The summed E-state index contributed by atoms with van der Waals surface area (Å²) >= 11 is 0. The SMILES string of the molecule is N#Cc1ccc(C(F)CCN)cc1. The van der Waals surface area contributed by atoms with E-state index in [9.17, 15) is 4.39 Å². The van der Waals surface area contributed by atoms with Crippen molar-refractivity contribution in [2.75, 3.05) is 6.54 Å². The molecule has 1 aromatic rings. The van der Waals surface area contributed by atoms with Crippen LogP contribution in [-0.2, 0) is 0 Å². The van der Waals surface area contributed by atoms with Gasteiger partial charge in [-0.15, -0.1) is 0 Å². The Balaban J connectivity index is 2.75. The average Bonchev–Trinajstić information content (AvgIpc) is 2.18. The zero-order chi connectivity index (χ0) is 9.68. The van der Waals surface area contributed by atoms with Gasteiger partial charge < -0.3 is 5.73 Å². The first-order valence-electron chi connectivity index (χ1n) is 4.12. The Bertz CT molecular complexity index is 300. The second-order valence-electron chi connectivity index (χ2n) is 2.78. The van der Waals surface area contributed by atoms with Crippen molar-refractivity contribution in [1.29, 1.82) is 5.26 Å². The van der Waals surface area contributed by atoms with Gasteiger partial charge in [-0.05, 0) is 30.7 Å². The van der Waals surface area contributed by atoms with Crippen LogP contribution in [0.25, 0.3) is 0 Å². The van der Waals surface area contributed by atoms with E-state index in [1.54, 1.807) is 24.3 Å². The Morgan fingerprint density at radius 1 is 1.38 bits per heavy atom. The second kappa shape index (κ2) is 4.58. The highest BCUT2D eigenvalue weighted by Crippen LogP contribution is 2.20. The van der Waals surface area contributed by atoms with Crippen LogP contribution in [0.3, 0.4) is 0 Å². The number of hydrogen-bond donors (Lipinski definition) is 1. The van der Waals surface area contributed by atoms with Gasteiger partial charge in [-0.3, -0.25) is 0 Å². The molecule has 1 aromatic carbocycles. The maximum atomic E-state index is 13.2. The van der Waals surface area contributed by atoms with Crippen molar-refractivity contribution in [3.63, 3.8) is 0 Å². The van der Waals surface area contributed by atoms with Crippen molar-refractivity contribution in [3.05, 3.63) is 35.4 Å². The van der Waals surface area contributed by atoms with Gasteiger partial charge in [-0.2, -0.15) is 5.26 Å². The van der Waals surface area contributed by atoms with Crippen LogP contribution in [0.1, 0.15) is 23.7 Å². The van der Waals surface area contributed by atoms with Crippen LogP contribution in [0, 0.1) is 11.3 Å². The molecule has 0 aromatic heterocycles. The Kier molecular flexibility index (Phi) is 3.41. The fraction of sp³-hybridized carbons (Fsp3) is 0.300. The van der Waals surface area contributed by atoms with Crippen LogP contribution in [0.2, 0.25) is 0 Å². The molecule has 0 saturated heterocycles. The molecule has 0 amide bonds. The third-order valence-corrected chi connectivity index (χ3v) is 1.82. The molecule has 0 aliphatic rings. The first kappa shape index (κ1) is 9.69. The van der Waals surface area contributed by atoms with Gasteiger partial charge in [0.1, 0.15) is 6.17 Å². The summed E-state index contributed by atoms with van der Waals surface area (Å²) in [5, 5.41) is 8.51. The molecule has 1 atom stereocenters. The Hall–Kier alpha value is -1.40. The molecule has 0 aliphatic heterocycles. The smallest absolute Gasteiger partial charge is 0.126 e. The van der Waals surface area contributed by atoms with E-state index in [1.165, 1.54) is 0 Å². The summed E-state index contributed by atoms with van der Waals surface area (Å²) in [6.45, 7) is 0.334. The van der Waals surface area contributed by atoms with E-state index >= 15 is 0 Å². The number of halogens is 1. The number of nitriles is 1. The third-order valence-electron chi connectivity index (χ3n) is 1.82. The van der Waals surface area contributed by atoms with Crippen LogP contribution >= 0.6 is 0 Å². The number of hydrogen-bond acceptors (Lipinski definition) is 2. The minimum atomic E-state index is -1.02. The predicted octanol–water partition coefficient (Wildman–Crippen LogP) is 1.92. The van der Waals surface area contributed by atoms with Gasteiger partial charge in [0.15, 0.2) is 0 Å². The molecule has 2 N–H and O–H groups in total. The van der Waals surface area contributed by atoms with Crippen LogP contribution in [0.15, 0.2) is 24.3 Å². The standard InChI is InChI=1S/C10H11FN2/c11-10(5-6-12)9-3-1-8(7-13)2-4-9/h1-4,10H,5-6,12H2. The largest absolute Gasteiger partial charge is 0.330 e. The van der Waals surface area contributed by atoms with Crippen molar-refractivity contribution < 1.29 is 4.39 Å². The predicted molar refractivity (Wildman–Crippen MR) is 48.7 cm³/mol. The van der Waals surface area contributed by atoms with E-state index in [1.807, 2.05) is 6.07 Å². The summed E-state index contributed by atoms with van der Waals surface area (Å²) in [6.07, 6.45) is -0.691. The second-order valence-corrected chi connectivity index (χ2v) is 2.78. The lowest BCUT2D eigenvalue weighted by molar-refractivity contribution is 0.327. The van der Waals surface area contributed by atoms with Crippen LogP contribution < -0.4 is 5.73 Å². The van der Waals surface area contributed by atoms with Gasteiger partial charge in [0.2, 0.25) is 0 Å². The maximum Gasteiger partial charge on any atom is 0.126 e. The minimum Gasteiger partial charge on any atom is -0.330 e. The highest BCUT2D eigenvalue weighted by atomic mass is 19.1. The average molecular weight is 178 g/mol. The summed E-state index contributed by atoms with van der Waals surface area (Å²) in [4.78, 5) is 0. The Morgan fingerprint density at radius 3 is 2.46 bits per heavy atom. The zero-order valence-electron chi connectivity index (χ0n) is 7.20. The molecule has 0 saturated carbocycles. The molecule has 1 rings (SSSR count). The number of nitrogens with two attached hydrogens (primary N) is 1. The molecule has 2 nitrogen and oxygen atoms in total. The molecule has 0 aliphatic carbocycles. The van der Waals surface area contributed by atoms with E-state index < -0.39 is 6.17 Å². The highest BCUT2D eigenvalue weighted by Gasteiger charge is 2.07. The van der Waals surface area contributed by atoms with Crippen molar-refractivity contribution in [1.82, 2.24) is 0 Å². The molecule has 0 spiro atoms. The lowest BCUT2D eigenvalue weighted by Gasteiger charge is -2.05. The number of nitrogens with zero attached hydrogens (tertiary/aromatic N) is 1. The molecule has 0 bridgehead atoms. The van der Waals surface area contributed by atoms with Crippen LogP contribution in [-0.4, -0.2) is 6.54 Å². The van der Waals surface area contributed by atoms with Crippen molar-refractivity contribution in [3.8, 4) is 6.07 Å². The lowest BCUT2D eigenvalue weighted by atomic mass is 10.1. The quantitative estimate of drug-likeness (QED) is 0.768. The van der Waals surface area contributed by atoms with E-state index in [0.717, 1.165) is 0 Å². The molecule has 0 fully saturated rings. The van der Waals surface area contributed by atoms with Gasteiger partial charge in [0.05, 0.1) is 11.6 Å². The highest BCUT2D eigenvalue weighted by molar-refractivity contribution is 5.32. The summed E-state index contributed by atoms with van der Waals surface area (Å²) < 4.78 is 13.2. The van der Waals surface area contributed by atoms with Gasteiger partial charge in [0, 0.05) is 0 Å². The van der Waals surface area contributed by atoms with Crippen molar-refractivity contribution in [2.45, 2.75) is 12.6 Å². The number of alkyl halides is 1. The molecule has 1 unspecified atom stereocenters. The Morgan fingerprint density at radius 2 is 2.00 bits per heavy atom. The first-order chi connectivity index (χ1) is 6.27. The minimum absolute atomic E-state index is 0.325. The number of rotatable bonds is 3. The third kappa shape index (κ3) is 2.53. The van der Waals surface area contributed by atoms with Gasteiger partial charge in [0.25, 0.3) is 0 Å². The number of benzene rings is 1. The molecule has 68 valence electrons. The van der Waals surface area contributed by atoms with E-state index in [4.69, 9.17) is 11.0 Å². The fourth-order valence-corrected chi connectivity index (χ4v) is 1.08. The monoisotopic (exact) mass is 178 g/mol. The molecule has 0 radical (unpaired) electrons. The fourth-order valence-electron chi connectivity index (χ4n) is 1.08. The zero-order valence-corrected chi connectivity index (χ0v) is 7.20. The molecule has 3 heteroatoms. The van der Waals surface area contributed by atoms with Crippen molar-refractivity contribution >= 4 is 0 Å². The van der Waals surface area contributed by atoms with Gasteiger partial charge in [-0.25, -0.2) is 4.39 Å². The topological polar surface area (TPSA) is 49.8 Å². The van der Waals surface area contributed by atoms with E-state index in [2.05, 4.69) is 0 Å². The maximum absolute atomic E-state index is 13.2. The van der Waals surface area contributed by atoms with Crippen LogP contribution in [0.4, 0.5) is 4.39 Å². The van der Waals surface area contributed by atoms with Gasteiger partial charge in [-0.1, -0.05) is 12.1 Å². The lowest BCUT2D eigenvalue weighted by Crippen LogP contribution is -2.03. The Labute approximate surface area is 76.8 Å². The molecule has 0 heterocycles. The summed E-state index contributed by atoms with van der Waals surface area (Å²) in [5.41, 5.74) is 6.36. The van der Waals surface area contributed by atoms with E-state index in [0.29, 0.717) is 24.1 Å². The molecular formula is C10H11FN2. The van der Waals surface area contributed by atoms with Crippen molar-refractivity contribution in [2.24, 2.45) is 5.73 Å². The summed E-state index contributed by atoms with van der Waals surface area (Å²) in [7, 11) is 0. The first-order valence-corrected chi connectivity index (χ1v) is 4.12. The summed E-state index contributed by atoms with van der Waals surface area (Å²) in [5.74, 6) is 0. The molecular weight excluding hydrogens is 167 g/mol. The van der Waals surface area contributed by atoms with E-state index in [-0.39, 0.29) is 0 Å².